The van der Waals surface area contributed by atoms with E-state index in [2.05, 4.69) is 21.4 Å². The first-order valence-corrected chi connectivity index (χ1v) is 13.2. The lowest BCUT2D eigenvalue weighted by Gasteiger charge is -2.39. The molecule has 196 valence electrons. The third-order valence-corrected chi connectivity index (χ3v) is 7.73. The van der Waals surface area contributed by atoms with Crippen molar-refractivity contribution in [2.75, 3.05) is 77.5 Å². The predicted octanol–water partition coefficient (Wildman–Crippen LogP) is 2.04. The summed E-state index contributed by atoms with van der Waals surface area (Å²) in [4.78, 5) is 36.1. The first-order chi connectivity index (χ1) is 18.1. The van der Waals surface area contributed by atoms with Gasteiger partial charge >= 0.3 is 6.03 Å². The molecule has 2 aromatic heterocycles. The lowest BCUT2D eigenvalue weighted by atomic mass is 10.0. The van der Waals surface area contributed by atoms with Gasteiger partial charge in [0.05, 0.1) is 19.5 Å². The number of carbonyl (C=O) groups excluding carboxylic acids is 1. The normalized spacial score (nSPS) is 20.1. The molecule has 0 bridgehead atoms. The van der Waals surface area contributed by atoms with Crippen LogP contribution in [0.3, 0.4) is 0 Å². The van der Waals surface area contributed by atoms with Crippen LogP contribution in [0.5, 0.6) is 5.75 Å². The molecule has 11 heteroatoms. The average molecular weight is 507 g/mol. The summed E-state index contributed by atoms with van der Waals surface area (Å²) in [5, 5.41) is 10.1. The van der Waals surface area contributed by atoms with Crippen molar-refractivity contribution < 1.29 is 14.6 Å². The number of fused-ring (bicyclic) bond motifs is 1. The number of nitrogens with zero attached hydrogens (tertiary/aromatic N) is 8. The fourth-order valence-corrected chi connectivity index (χ4v) is 5.46. The maximum Gasteiger partial charge on any atom is 0.320 e. The number of anilines is 1. The zero-order valence-corrected chi connectivity index (χ0v) is 21.3. The molecule has 1 aromatic carbocycles. The van der Waals surface area contributed by atoms with Crippen molar-refractivity contribution in [1.29, 1.82) is 0 Å². The van der Waals surface area contributed by atoms with E-state index in [0.717, 1.165) is 81.9 Å². The molecule has 3 fully saturated rings. The van der Waals surface area contributed by atoms with E-state index in [4.69, 9.17) is 19.7 Å². The van der Waals surface area contributed by atoms with Gasteiger partial charge in [0.2, 0.25) is 5.95 Å². The molecule has 0 atom stereocenters. The van der Waals surface area contributed by atoms with E-state index >= 15 is 0 Å². The number of phenols is 1. The molecule has 37 heavy (non-hydrogen) atoms. The second kappa shape index (κ2) is 10.1. The van der Waals surface area contributed by atoms with Gasteiger partial charge in [-0.2, -0.15) is 4.98 Å². The maximum atomic E-state index is 13.1. The monoisotopic (exact) mass is 506 g/mol. The molecular weight excluding hydrogens is 472 g/mol. The van der Waals surface area contributed by atoms with Gasteiger partial charge in [-0.05, 0) is 32.0 Å². The lowest BCUT2D eigenvalue weighted by Crippen LogP contribution is -2.53. The minimum atomic E-state index is 0.158. The number of morpholine rings is 1. The highest BCUT2D eigenvalue weighted by Crippen LogP contribution is 2.33. The van der Waals surface area contributed by atoms with Crippen LogP contribution in [0.25, 0.3) is 22.4 Å². The van der Waals surface area contributed by atoms with Crippen LogP contribution in [0.2, 0.25) is 0 Å². The van der Waals surface area contributed by atoms with E-state index in [1.54, 1.807) is 12.1 Å². The summed E-state index contributed by atoms with van der Waals surface area (Å²) < 4.78 is 7.69. The molecule has 0 radical (unpaired) electrons. The third kappa shape index (κ3) is 4.80. The number of likely N-dealkylation sites (tertiary alicyclic amines) is 1. The minimum Gasteiger partial charge on any atom is -0.508 e. The van der Waals surface area contributed by atoms with Crippen molar-refractivity contribution in [3.63, 3.8) is 0 Å². The van der Waals surface area contributed by atoms with Gasteiger partial charge in [0.25, 0.3) is 0 Å². The molecule has 0 unspecified atom stereocenters. The van der Waals surface area contributed by atoms with E-state index < -0.39 is 0 Å². The number of hydrogen-bond donors (Lipinski definition) is 1. The fraction of sp³-hybridized carbons (Fsp3) is 0.538. The van der Waals surface area contributed by atoms with Gasteiger partial charge < -0.3 is 34.0 Å². The number of rotatable bonds is 3. The van der Waals surface area contributed by atoms with Crippen molar-refractivity contribution in [2.24, 2.45) is 0 Å². The number of benzene rings is 1. The summed E-state index contributed by atoms with van der Waals surface area (Å²) in [5.74, 6) is 0.840. The van der Waals surface area contributed by atoms with Gasteiger partial charge in [-0.25, -0.2) is 14.8 Å². The third-order valence-electron chi connectivity index (χ3n) is 7.73. The number of aromatic nitrogens is 4. The van der Waals surface area contributed by atoms with E-state index in [0.29, 0.717) is 24.9 Å². The molecule has 0 spiro atoms. The number of imidazole rings is 1. The van der Waals surface area contributed by atoms with Crippen molar-refractivity contribution in [3.8, 4) is 17.0 Å². The summed E-state index contributed by atoms with van der Waals surface area (Å²) in [5.41, 5.74) is 3.03. The minimum absolute atomic E-state index is 0.158. The Balaban J connectivity index is 1.27. The number of likely N-dealkylation sites (N-methyl/N-ethyl adjacent to an activating group) is 1. The summed E-state index contributed by atoms with van der Waals surface area (Å²) in [7, 11) is 2.10. The molecule has 0 saturated carbocycles. The maximum absolute atomic E-state index is 13.1. The Kier molecular flexibility index (Phi) is 6.56. The van der Waals surface area contributed by atoms with Crippen molar-refractivity contribution >= 4 is 23.1 Å². The summed E-state index contributed by atoms with van der Waals surface area (Å²) in [6.45, 7) is 7.61. The highest BCUT2D eigenvalue weighted by atomic mass is 16.5. The number of hydrogen-bond acceptors (Lipinski definition) is 8. The van der Waals surface area contributed by atoms with Crippen molar-refractivity contribution in [2.45, 2.75) is 18.9 Å². The van der Waals surface area contributed by atoms with Gasteiger partial charge in [-0.3, -0.25) is 0 Å². The van der Waals surface area contributed by atoms with E-state index in [-0.39, 0.29) is 17.8 Å². The van der Waals surface area contributed by atoms with E-state index in [1.165, 1.54) is 0 Å². The van der Waals surface area contributed by atoms with E-state index in [1.807, 2.05) is 28.3 Å². The number of piperazine rings is 1. The molecular formula is C26H34N8O3. The standard InChI is InChI=1S/C26H34N8O3/c1-30-9-11-33(12-10-30)26(36)32-7-5-20(6-8-32)34-18-27-23-22(19-3-2-4-21(35)17-19)28-25(29-24(23)34)31-13-15-37-16-14-31/h2-4,17-18,20,35H,5-16H2,1H3. The van der Waals surface area contributed by atoms with Crippen LogP contribution >= 0.6 is 0 Å². The lowest BCUT2D eigenvalue weighted by molar-refractivity contribution is 0.109. The Morgan fingerprint density at radius 3 is 2.43 bits per heavy atom. The molecule has 5 heterocycles. The number of piperidine rings is 1. The van der Waals surface area contributed by atoms with Crippen LogP contribution in [0.1, 0.15) is 18.9 Å². The van der Waals surface area contributed by atoms with Crippen molar-refractivity contribution in [1.82, 2.24) is 34.2 Å². The second-order valence-corrected chi connectivity index (χ2v) is 10.1. The smallest absolute Gasteiger partial charge is 0.320 e. The molecule has 3 aliphatic rings. The van der Waals surface area contributed by atoms with Gasteiger partial charge in [0, 0.05) is 64.0 Å². The van der Waals surface area contributed by atoms with Crippen LogP contribution < -0.4 is 4.90 Å². The summed E-state index contributed by atoms with van der Waals surface area (Å²) in [6, 6.07) is 7.48. The number of ether oxygens (including phenoxy) is 1. The van der Waals surface area contributed by atoms with Crippen LogP contribution in [0.15, 0.2) is 30.6 Å². The zero-order chi connectivity index (χ0) is 25.4. The highest BCUT2D eigenvalue weighted by molar-refractivity contribution is 5.89. The molecule has 2 amide bonds. The quantitative estimate of drug-likeness (QED) is 0.576. The van der Waals surface area contributed by atoms with Gasteiger partial charge in [0.1, 0.15) is 17.0 Å². The summed E-state index contributed by atoms with van der Waals surface area (Å²) in [6.07, 6.45) is 3.56. The molecule has 0 aliphatic carbocycles. The molecule has 6 rings (SSSR count). The number of aromatic hydroxyl groups is 1. The largest absolute Gasteiger partial charge is 0.508 e. The topological polar surface area (TPSA) is 103 Å². The Hall–Kier alpha value is -3.44. The van der Waals surface area contributed by atoms with E-state index in [9.17, 15) is 9.90 Å². The number of urea groups is 1. The first-order valence-electron chi connectivity index (χ1n) is 13.2. The van der Waals surface area contributed by atoms with Crippen molar-refractivity contribution in [3.05, 3.63) is 30.6 Å². The first kappa shape index (κ1) is 23.9. The molecule has 3 aliphatic heterocycles. The highest BCUT2D eigenvalue weighted by Gasteiger charge is 2.30. The number of amides is 2. The molecule has 11 nitrogen and oxygen atoms in total. The Bertz CT molecular complexity index is 1260. The summed E-state index contributed by atoms with van der Waals surface area (Å²) >= 11 is 0. The molecule has 3 aromatic rings. The van der Waals surface area contributed by atoms with Crippen LogP contribution in [0, 0.1) is 0 Å². The predicted molar refractivity (Wildman–Crippen MR) is 140 cm³/mol. The average Bonchev–Trinajstić information content (AvgIpc) is 3.37. The van der Waals surface area contributed by atoms with Crippen LogP contribution in [-0.4, -0.2) is 118 Å². The van der Waals surface area contributed by atoms with Gasteiger partial charge in [-0.15, -0.1) is 0 Å². The molecule has 1 N–H and O–H groups in total. The SMILES string of the molecule is CN1CCN(C(=O)N2CCC(n3cnc4c(-c5cccc(O)c5)nc(N5CCOCC5)nc43)CC2)CC1. The van der Waals surface area contributed by atoms with Gasteiger partial charge in [0.15, 0.2) is 5.65 Å². The second-order valence-electron chi connectivity index (χ2n) is 10.1. The Morgan fingerprint density at radius 2 is 1.70 bits per heavy atom. The Labute approximate surface area is 216 Å². The fourth-order valence-electron chi connectivity index (χ4n) is 5.46. The molecule has 3 saturated heterocycles. The Morgan fingerprint density at radius 1 is 0.973 bits per heavy atom. The van der Waals surface area contributed by atoms with Crippen LogP contribution in [-0.2, 0) is 4.74 Å². The number of phenolic OH excluding ortho intramolecular Hbond substituents is 1. The van der Waals surface area contributed by atoms with Crippen LogP contribution in [0.4, 0.5) is 10.7 Å². The van der Waals surface area contributed by atoms with Gasteiger partial charge in [-0.1, -0.05) is 12.1 Å². The number of carbonyl (C=O) groups is 1. The zero-order valence-electron chi connectivity index (χ0n) is 21.3.